The molecule has 1 aliphatic heterocycles. The molecule has 0 spiro atoms. The van der Waals surface area contributed by atoms with E-state index in [0.29, 0.717) is 13.0 Å². The van der Waals surface area contributed by atoms with Crippen LogP contribution in [0.3, 0.4) is 0 Å². The predicted octanol–water partition coefficient (Wildman–Crippen LogP) is 2.34. The number of aliphatic carboxylic acids is 1. The van der Waals surface area contributed by atoms with E-state index in [0.717, 1.165) is 37.1 Å². The molecular weight excluding hydrogens is 282 g/mol. The zero-order valence-electron chi connectivity index (χ0n) is 13.0. The van der Waals surface area contributed by atoms with E-state index in [-0.39, 0.29) is 18.2 Å². The number of methoxy groups -OCH3 is 1. The Bertz CT molecular complexity index is 512. The summed E-state index contributed by atoms with van der Waals surface area (Å²) in [4.78, 5) is 25.0. The van der Waals surface area contributed by atoms with Crippen molar-refractivity contribution in [3.8, 4) is 5.75 Å². The second-order valence-electron chi connectivity index (χ2n) is 5.80. The Kier molecular flexibility index (Phi) is 5.81. The second kappa shape index (κ2) is 7.82. The molecule has 120 valence electrons. The van der Waals surface area contributed by atoms with E-state index < -0.39 is 5.97 Å². The van der Waals surface area contributed by atoms with E-state index in [4.69, 9.17) is 9.84 Å². The molecule has 1 heterocycles. The average molecular weight is 305 g/mol. The monoisotopic (exact) mass is 305 g/mol. The summed E-state index contributed by atoms with van der Waals surface area (Å²) in [5, 5.41) is 8.88. The molecule has 1 saturated heterocycles. The van der Waals surface area contributed by atoms with Crippen molar-refractivity contribution >= 4 is 11.9 Å². The molecule has 0 saturated carbocycles. The van der Waals surface area contributed by atoms with Gasteiger partial charge in [-0.2, -0.15) is 0 Å². The Labute approximate surface area is 130 Å². The lowest BCUT2D eigenvalue weighted by Crippen LogP contribution is -2.33. The Balaban J connectivity index is 1.87. The summed E-state index contributed by atoms with van der Waals surface area (Å²) in [6.07, 6.45) is 3.14. The van der Waals surface area contributed by atoms with E-state index >= 15 is 0 Å². The van der Waals surface area contributed by atoms with Gasteiger partial charge in [0, 0.05) is 19.5 Å². The van der Waals surface area contributed by atoms with Gasteiger partial charge in [-0.15, -0.1) is 0 Å². The van der Waals surface area contributed by atoms with E-state index in [1.165, 1.54) is 0 Å². The molecule has 0 radical (unpaired) electrons. The molecule has 5 heteroatoms. The van der Waals surface area contributed by atoms with Gasteiger partial charge in [-0.05, 0) is 42.9 Å². The number of benzene rings is 1. The maximum atomic E-state index is 12.4. The molecule has 5 nitrogen and oxygen atoms in total. The van der Waals surface area contributed by atoms with Gasteiger partial charge >= 0.3 is 5.97 Å². The fourth-order valence-corrected chi connectivity index (χ4v) is 2.90. The normalized spacial score (nSPS) is 18.6. The highest BCUT2D eigenvalue weighted by Crippen LogP contribution is 2.21. The number of rotatable bonds is 5. The highest BCUT2D eigenvalue weighted by Gasteiger charge is 2.22. The fourth-order valence-electron chi connectivity index (χ4n) is 2.90. The molecule has 0 bridgehead atoms. The number of nitrogens with zero attached hydrogens (tertiary/aromatic N) is 1. The van der Waals surface area contributed by atoms with Crippen molar-refractivity contribution < 1.29 is 19.4 Å². The first-order valence-electron chi connectivity index (χ1n) is 7.71. The van der Waals surface area contributed by atoms with Crippen LogP contribution in [0, 0.1) is 5.92 Å². The molecule has 1 aromatic carbocycles. The summed E-state index contributed by atoms with van der Waals surface area (Å²) in [6, 6.07) is 7.52. The van der Waals surface area contributed by atoms with Gasteiger partial charge in [0.15, 0.2) is 0 Å². The Morgan fingerprint density at radius 1 is 1.23 bits per heavy atom. The molecule has 1 N–H and O–H groups in total. The number of likely N-dealkylation sites (tertiary alicyclic amines) is 1. The summed E-state index contributed by atoms with van der Waals surface area (Å²) >= 11 is 0. The van der Waals surface area contributed by atoms with Gasteiger partial charge in [0.05, 0.1) is 13.5 Å². The lowest BCUT2D eigenvalue weighted by molar-refractivity contribution is -0.138. The third-order valence-corrected chi connectivity index (χ3v) is 4.18. The minimum Gasteiger partial charge on any atom is -0.497 e. The topological polar surface area (TPSA) is 66.8 Å². The summed E-state index contributed by atoms with van der Waals surface area (Å²) in [7, 11) is 1.62. The minimum absolute atomic E-state index is 0.112. The van der Waals surface area contributed by atoms with Crippen LogP contribution in [0.2, 0.25) is 0 Å². The van der Waals surface area contributed by atoms with Crippen LogP contribution in [0.1, 0.15) is 31.2 Å². The van der Waals surface area contributed by atoms with E-state index in [1.807, 2.05) is 29.2 Å². The van der Waals surface area contributed by atoms with Crippen molar-refractivity contribution in [3.05, 3.63) is 29.8 Å². The molecule has 22 heavy (non-hydrogen) atoms. The molecule has 0 aliphatic carbocycles. The molecule has 1 aromatic rings. The molecular formula is C17H23NO4. The van der Waals surface area contributed by atoms with Gasteiger partial charge in [-0.1, -0.05) is 12.1 Å². The standard InChI is InChI=1S/C17H23NO4/c1-22-15-6-4-14(5-7-15)11-16(19)18-9-2-3-13(8-10-18)12-17(20)21/h4-7,13H,2-3,8-12H2,1H3,(H,20,21). The van der Waals surface area contributed by atoms with Gasteiger partial charge < -0.3 is 14.7 Å². The van der Waals surface area contributed by atoms with Crippen LogP contribution in [0.5, 0.6) is 5.75 Å². The van der Waals surface area contributed by atoms with Crippen LogP contribution < -0.4 is 4.74 Å². The quantitative estimate of drug-likeness (QED) is 0.906. The fraction of sp³-hybridized carbons (Fsp3) is 0.529. The van der Waals surface area contributed by atoms with Crippen LogP contribution in [-0.2, 0) is 16.0 Å². The van der Waals surface area contributed by atoms with Crippen molar-refractivity contribution in [2.75, 3.05) is 20.2 Å². The third kappa shape index (κ3) is 4.76. The first kappa shape index (κ1) is 16.3. The van der Waals surface area contributed by atoms with E-state index in [9.17, 15) is 9.59 Å². The van der Waals surface area contributed by atoms with Gasteiger partial charge in [0.2, 0.25) is 5.91 Å². The largest absolute Gasteiger partial charge is 0.497 e. The average Bonchev–Trinajstić information content (AvgIpc) is 2.73. The Hall–Kier alpha value is -2.04. The van der Waals surface area contributed by atoms with Crippen molar-refractivity contribution in [2.45, 2.75) is 32.1 Å². The first-order valence-corrected chi connectivity index (χ1v) is 7.71. The van der Waals surface area contributed by atoms with Crippen molar-refractivity contribution in [1.29, 1.82) is 0 Å². The maximum Gasteiger partial charge on any atom is 0.303 e. The molecule has 1 atom stereocenters. The Morgan fingerprint density at radius 3 is 2.59 bits per heavy atom. The number of carbonyl (C=O) groups is 2. The number of hydrogen-bond donors (Lipinski definition) is 1. The van der Waals surface area contributed by atoms with Gasteiger partial charge in [0.1, 0.15) is 5.75 Å². The molecule has 0 aromatic heterocycles. The number of carboxylic acid groups (broad SMARTS) is 1. The van der Waals surface area contributed by atoms with Gasteiger partial charge in [0.25, 0.3) is 0 Å². The van der Waals surface area contributed by atoms with Crippen LogP contribution in [0.25, 0.3) is 0 Å². The van der Waals surface area contributed by atoms with Crippen molar-refractivity contribution in [2.24, 2.45) is 5.92 Å². The van der Waals surface area contributed by atoms with Crippen LogP contribution in [0.15, 0.2) is 24.3 Å². The molecule has 1 aliphatic rings. The molecule has 1 amide bonds. The van der Waals surface area contributed by atoms with E-state index in [2.05, 4.69) is 0 Å². The summed E-state index contributed by atoms with van der Waals surface area (Å²) < 4.78 is 5.11. The molecule has 2 rings (SSSR count). The predicted molar refractivity (Wildman–Crippen MR) is 82.9 cm³/mol. The number of hydrogen-bond acceptors (Lipinski definition) is 3. The zero-order valence-corrected chi connectivity index (χ0v) is 13.0. The van der Waals surface area contributed by atoms with Crippen molar-refractivity contribution in [1.82, 2.24) is 4.90 Å². The maximum absolute atomic E-state index is 12.4. The summed E-state index contributed by atoms with van der Waals surface area (Å²) in [6.45, 7) is 1.39. The SMILES string of the molecule is COc1ccc(CC(=O)N2CCCC(CC(=O)O)CC2)cc1. The zero-order chi connectivity index (χ0) is 15.9. The lowest BCUT2D eigenvalue weighted by Gasteiger charge is -2.20. The van der Waals surface area contributed by atoms with Crippen LogP contribution in [-0.4, -0.2) is 42.1 Å². The number of carboxylic acids is 1. The smallest absolute Gasteiger partial charge is 0.303 e. The third-order valence-electron chi connectivity index (χ3n) is 4.18. The van der Waals surface area contributed by atoms with Gasteiger partial charge in [-0.25, -0.2) is 0 Å². The van der Waals surface area contributed by atoms with Crippen LogP contribution in [0.4, 0.5) is 0 Å². The molecule has 1 unspecified atom stereocenters. The highest BCUT2D eigenvalue weighted by molar-refractivity contribution is 5.78. The lowest BCUT2D eigenvalue weighted by atomic mass is 9.97. The number of amides is 1. The van der Waals surface area contributed by atoms with E-state index in [1.54, 1.807) is 7.11 Å². The van der Waals surface area contributed by atoms with Crippen molar-refractivity contribution in [3.63, 3.8) is 0 Å². The minimum atomic E-state index is -0.747. The number of ether oxygens (including phenoxy) is 1. The Morgan fingerprint density at radius 2 is 1.95 bits per heavy atom. The highest BCUT2D eigenvalue weighted by atomic mass is 16.5. The number of carbonyl (C=O) groups excluding carboxylic acids is 1. The van der Waals surface area contributed by atoms with Gasteiger partial charge in [-0.3, -0.25) is 9.59 Å². The van der Waals surface area contributed by atoms with Crippen LogP contribution >= 0.6 is 0 Å². The summed E-state index contributed by atoms with van der Waals surface area (Å²) in [5.41, 5.74) is 0.970. The first-order chi connectivity index (χ1) is 10.6. The molecule has 1 fully saturated rings. The summed E-state index contributed by atoms with van der Waals surface area (Å²) in [5.74, 6) is 0.336. The second-order valence-corrected chi connectivity index (χ2v) is 5.80.